The SMILES string of the molecule is C[Si](C)(C)[C]([Sb])=C(c1ccccc1)c1ccccc1. The Morgan fingerprint density at radius 3 is 1.42 bits per heavy atom. The van der Waals surface area contributed by atoms with Gasteiger partial charge >= 0.3 is 131 Å². The van der Waals surface area contributed by atoms with Crippen molar-refractivity contribution in [2.24, 2.45) is 0 Å². The van der Waals surface area contributed by atoms with E-state index in [9.17, 15) is 0 Å². The molecule has 0 saturated heterocycles. The Kier molecular flexibility index (Phi) is 4.70. The van der Waals surface area contributed by atoms with E-state index in [1.165, 1.54) is 16.7 Å². The second kappa shape index (κ2) is 6.11. The van der Waals surface area contributed by atoms with Gasteiger partial charge in [0.1, 0.15) is 0 Å². The van der Waals surface area contributed by atoms with Gasteiger partial charge in [0.2, 0.25) is 0 Å². The molecule has 0 aromatic heterocycles. The minimum atomic E-state index is -1.29. The molecule has 0 amide bonds. The van der Waals surface area contributed by atoms with Gasteiger partial charge in [0.15, 0.2) is 0 Å². The van der Waals surface area contributed by atoms with Crippen molar-refractivity contribution >= 4 is 36.7 Å². The third-order valence-electron chi connectivity index (χ3n) is 3.07. The topological polar surface area (TPSA) is 0 Å². The summed E-state index contributed by atoms with van der Waals surface area (Å²) >= 11 is 1.89. The van der Waals surface area contributed by atoms with Crippen LogP contribution in [0.25, 0.3) is 5.57 Å². The third kappa shape index (κ3) is 3.61. The molecule has 0 unspecified atom stereocenters. The fraction of sp³-hybridized carbons (Fsp3) is 0.176. The van der Waals surface area contributed by atoms with Gasteiger partial charge in [-0.3, -0.25) is 0 Å². The number of hydrogen-bond donors (Lipinski definition) is 0. The Hall–Kier alpha value is -0.785. The van der Waals surface area contributed by atoms with E-state index in [1.54, 1.807) is 3.14 Å². The second-order valence-electron chi connectivity index (χ2n) is 5.71. The molecule has 0 fully saturated rings. The first-order valence-corrected chi connectivity index (χ1v) is 11.3. The number of benzene rings is 2. The van der Waals surface area contributed by atoms with E-state index >= 15 is 0 Å². The molecular formula is C17H19SbSi. The van der Waals surface area contributed by atoms with Crippen LogP contribution in [0.4, 0.5) is 0 Å². The zero-order valence-corrected chi connectivity index (χ0v) is 15.3. The molecule has 0 aliphatic carbocycles. The Morgan fingerprint density at radius 2 is 1.11 bits per heavy atom. The van der Waals surface area contributed by atoms with Crippen LogP contribution >= 0.6 is 0 Å². The summed E-state index contributed by atoms with van der Waals surface area (Å²) in [7, 11) is -1.29. The van der Waals surface area contributed by atoms with E-state index in [0.29, 0.717) is 0 Å². The molecule has 0 nitrogen and oxygen atoms in total. The quantitative estimate of drug-likeness (QED) is 0.696. The fourth-order valence-electron chi connectivity index (χ4n) is 2.02. The molecule has 0 saturated carbocycles. The summed E-state index contributed by atoms with van der Waals surface area (Å²) in [6, 6.07) is 21.6. The Balaban J connectivity index is 2.66. The van der Waals surface area contributed by atoms with Gasteiger partial charge in [-0.15, -0.1) is 0 Å². The Morgan fingerprint density at radius 1 is 0.737 bits per heavy atom. The Bertz CT molecular complexity index is 524. The molecule has 0 spiro atoms. The molecule has 0 N–H and O–H groups in total. The minimum absolute atomic E-state index is 1.29. The zero-order chi connectivity index (χ0) is 13.9. The van der Waals surface area contributed by atoms with E-state index in [4.69, 9.17) is 0 Å². The molecule has 2 aromatic rings. The molecule has 96 valence electrons. The maximum absolute atomic E-state index is 2.42. The molecule has 2 radical (unpaired) electrons. The van der Waals surface area contributed by atoms with Gasteiger partial charge in [-0.1, -0.05) is 0 Å². The summed E-state index contributed by atoms with van der Waals surface area (Å²) in [5, 5.41) is 0. The van der Waals surface area contributed by atoms with Crippen LogP contribution in [-0.2, 0) is 0 Å². The van der Waals surface area contributed by atoms with E-state index in [-0.39, 0.29) is 0 Å². The van der Waals surface area contributed by atoms with Crippen molar-refractivity contribution in [2.45, 2.75) is 19.6 Å². The second-order valence-corrected chi connectivity index (χ2v) is 13.2. The molecule has 0 atom stereocenters. The van der Waals surface area contributed by atoms with Gasteiger partial charge in [0.25, 0.3) is 0 Å². The summed E-state index contributed by atoms with van der Waals surface area (Å²) in [5.74, 6) is 0. The van der Waals surface area contributed by atoms with Crippen molar-refractivity contribution in [1.29, 1.82) is 0 Å². The van der Waals surface area contributed by atoms with Gasteiger partial charge in [0, 0.05) is 0 Å². The molecule has 2 rings (SSSR count). The van der Waals surface area contributed by atoms with Crippen molar-refractivity contribution in [2.75, 3.05) is 0 Å². The van der Waals surface area contributed by atoms with Crippen LogP contribution in [-0.4, -0.2) is 31.1 Å². The molecule has 19 heavy (non-hydrogen) atoms. The zero-order valence-electron chi connectivity index (χ0n) is 11.7. The van der Waals surface area contributed by atoms with Crippen molar-refractivity contribution < 1.29 is 0 Å². The van der Waals surface area contributed by atoms with E-state index < -0.39 is 8.07 Å². The van der Waals surface area contributed by atoms with Gasteiger partial charge in [0.05, 0.1) is 0 Å². The number of hydrogen-bond acceptors (Lipinski definition) is 0. The van der Waals surface area contributed by atoms with Crippen molar-refractivity contribution in [3.8, 4) is 0 Å². The van der Waals surface area contributed by atoms with Gasteiger partial charge in [-0.2, -0.15) is 0 Å². The predicted molar refractivity (Wildman–Crippen MR) is 88.0 cm³/mol. The summed E-state index contributed by atoms with van der Waals surface area (Å²) in [6.45, 7) is 7.27. The van der Waals surface area contributed by atoms with Crippen molar-refractivity contribution in [1.82, 2.24) is 0 Å². The summed E-state index contributed by atoms with van der Waals surface area (Å²) in [6.07, 6.45) is 0. The third-order valence-corrected chi connectivity index (χ3v) is 11.1. The van der Waals surface area contributed by atoms with Crippen molar-refractivity contribution in [3.63, 3.8) is 0 Å². The average molecular weight is 373 g/mol. The monoisotopic (exact) mass is 372 g/mol. The van der Waals surface area contributed by atoms with Crippen LogP contribution in [0.15, 0.2) is 63.8 Å². The predicted octanol–water partition coefficient (Wildman–Crippen LogP) is 4.49. The van der Waals surface area contributed by atoms with Crippen LogP contribution in [0.2, 0.25) is 19.6 Å². The standard InChI is InChI=1S/C17H19Si.Sb/c1-18(2,3)14-17(15-10-6-4-7-11-15)16-12-8-5-9-13-16;/h4-13H,1-3H3;. The summed E-state index contributed by atoms with van der Waals surface area (Å²) in [5.41, 5.74) is 4.12. The first kappa shape index (κ1) is 14.6. The van der Waals surface area contributed by atoms with Crippen LogP contribution < -0.4 is 0 Å². The Labute approximate surface area is 131 Å². The first-order valence-electron chi connectivity index (χ1n) is 6.54. The number of rotatable bonds is 3. The van der Waals surface area contributed by atoms with E-state index in [0.717, 1.165) is 0 Å². The molecule has 0 aliphatic rings. The molecule has 0 bridgehead atoms. The van der Waals surface area contributed by atoms with Crippen LogP contribution in [0.3, 0.4) is 0 Å². The normalized spacial score (nSPS) is 11.2. The van der Waals surface area contributed by atoms with Gasteiger partial charge in [-0.25, -0.2) is 0 Å². The van der Waals surface area contributed by atoms with Crippen molar-refractivity contribution in [3.05, 3.63) is 74.9 Å². The first-order chi connectivity index (χ1) is 9.00. The van der Waals surface area contributed by atoms with Crippen LogP contribution in [0.5, 0.6) is 0 Å². The molecule has 0 aliphatic heterocycles. The van der Waals surface area contributed by atoms with Crippen LogP contribution in [0, 0.1) is 0 Å². The van der Waals surface area contributed by atoms with E-state index in [2.05, 4.69) is 80.3 Å². The van der Waals surface area contributed by atoms with Gasteiger partial charge < -0.3 is 0 Å². The van der Waals surface area contributed by atoms with Crippen LogP contribution in [0.1, 0.15) is 11.1 Å². The molecule has 2 heteroatoms. The maximum atomic E-state index is 2.42. The van der Waals surface area contributed by atoms with Gasteiger partial charge in [-0.05, 0) is 0 Å². The fourth-order valence-corrected chi connectivity index (χ4v) is 3.80. The molecular weight excluding hydrogens is 354 g/mol. The molecule has 0 heterocycles. The van der Waals surface area contributed by atoms with E-state index in [1.807, 2.05) is 23.0 Å². The summed E-state index contributed by atoms with van der Waals surface area (Å²) < 4.78 is 1.61. The summed E-state index contributed by atoms with van der Waals surface area (Å²) in [4.78, 5) is 0. The molecule has 2 aromatic carbocycles. The average Bonchev–Trinajstić information content (AvgIpc) is 2.40.